The normalized spacial score (nSPS) is 21.5. The van der Waals surface area contributed by atoms with Crippen LogP contribution in [0.5, 0.6) is 0 Å². The minimum Gasteiger partial charge on any atom is -0.389 e. The molecule has 2 saturated heterocycles. The third-order valence-corrected chi connectivity index (χ3v) is 7.08. The Labute approximate surface area is 221 Å². The summed E-state index contributed by atoms with van der Waals surface area (Å²) in [7, 11) is 0. The highest BCUT2D eigenvalue weighted by Gasteiger charge is 2.40. The fraction of sp³-hybridized carbons (Fsp3) is 0.464. The molecule has 0 aromatic heterocycles. The maximum atomic E-state index is 13.9. The average Bonchev–Trinajstić information content (AvgIpc) is 3.25. The molecule has 2 unspecified atom stereocenters. The fourth-order valence-electron chi connectivity index (χ4n) is 5.18. The van der Waals surface area contributed by atoms with Crippen LogP contribution >= 0.6 is 0 Å². The summed E-state index contributed by atoms with van der Waals surface area (Å²) in [5.74, 6) is -3.06. The van der Waals surface area contributed by atoms with Crippen LogP contribution in [0.4, 0.5) is 8.78 Å². The highest BCUT2D eigenvalue weighted by molar-refractivity contribution is 5.89. The molecule has 2 fully saturated rings. The van der Waals surface area contributed by atoms with E-state index in [9.17, 15) is 28.3 Å². The van der Waals surface area contributed by atoms with Gasteiger partial charge in [-0.1, -0.05) is 37.3 Å². The number of benzene rings is 2. The number of piperazine rings is 1. The van der Waals surface area contributed by atoms with E-state index in [1.165, 1.54) is 0 Å². The van der Waals surface area contributed by atoms with Crippen LogP contribution in [0, 0.1) is 17.6 Å². The number of nitrogens with one attached hydrogen (secondary N) is 2. The SMILES string of the molecule is CCCN1CC(C(=O)NC(Cc2cc(F)cc(F)c2)[C@H](O)[C@@H]2NCCN(Cc3ccccc3)C2=O)CC1=O. The summed E-state index contributed by atoms with van der Waals surface area (Å²) >= 11 is 0. The van der Waals surface area contributed by atoms with Crippen LogP contribution < -0.4 is 10.6 Å². The highest BCUT2D eigenvalue weighted by Crippen LogP contribution is 2.21. The van der Waals surface area contributed by atoms with Gasteiger partial charge in [0.15, 0.2) is 0 Å². The lowest BCUT2D eigenvalue weighted by atomic mass is 9.93. The summed E-state index contributed by atoms with van der Waals surface area (Å²) in [6.45, 7) is 4.00. The Balaban J connectivity index is 1.52. The van der Waals surface area contributed by atoms with E-state index >= 15 is 0 Å². The number of hydrogen-bond donors (Lipinski definition) is 3. The molecule has 204 valence electrons. The number of carbonyl (C=O) groups is 3. The zero-order chi connectivity index (χ0) is 27.2. The smallest absolute Gasteiger partial charge is 0.242 e. The number of hydrogen-bond acceptors (Lipinski definition) is 5. The van der Waals surface area contributed by atoms with Gasteiger partial charge in [0.05, 0.1) is 18.1 Å². The maximum absolute atomic E-state index is 13.9. The molecule has 2 aromatic rings. The number of rotatable bonds is 10. The minimum absolute atomic E-state index is 0.0503. The molecule has 4 atom stereocenters. The third kappa shape index (κ3) is 6.73. The number of aliphatic hydroxyl groups excluding tert-OH is 1. The minimum atomic E-state index is -1.39. The van der Waals surface area contributed by atoms with Crippen LogP contribution in [0.2, 0.25) is 0 Å². The molecule has 2 aliphatic rings. The van der Waals surface area contributed by atoms with Crippen molar-refractivity contribution >= 4 is 17.7 Å². The first-order valence-electron chi connectivity index (χ1n) is 13.0. The maximum Gasteiger partial charge on any atom is 0.242 e. The van der Waals surface area contributed by atoms with E-state index in [4.69, 9.17) is 0 Å². The van der Waals surface area contributed by atoms with Crippen LogP contribution in [0.1, 0.15) is 30.9 Å². The molecule has 10 heteroatoms. The molecule has 38 heavy (non-hydrogen) atoms. The van der Waals surface area contributed by atoms with E-state index < -0.39 is 41.6 Å². The first kappa shape index (κ1) is 27.7. The molecule has 0 aliphatic carbocycles. The third-order valence-electron chi connectivity index (χ3n) is 7.08. The van der Waals surface area contributed by atoms with Gasteiger partial charge in [-0.25, -0.2) is 8.78 Å². The van der Waals surface area contributed by atoms with Gasteiger partial charge in [-0.05, 0) is 36.1 Å². The Kier molecular flexibility index (Phi) is 9.06. The standard InChI is InChI=1S/C28H34F2N4O4/c1-2-9-33-17-20(14-24(33)35)27(37)32-23(13-19-11-21(29)15-22(30)12-19)26(36)25-28(38)34(10-8-31-25)16-18-6-4-3-5-7-18/h3-7,11-12,15,20,23,25-26,31,36H,2,8-10,13-14,16-17H2,1H3,(H,32,37)/t20?,23?,25-,26-/m0/s1. The summed E-state index contributed by atoms with van der Waals surface area (Å²) in [5, 5.41) is 17.2. The average molecular weight is 529 g/mol. The van der Waals surface area contributed by atoms with E-state index in [0.29, 0.717) is 26.2 Å². The zero-order valence-electron chi connectivity index (χ0n) is 21.4. The van der Waals surface area contributed by atoms with Gasteiger partial charge in [0.1, 0.15) is 17.7 Å². The van der Waals surface area contributed by atoms with Gasteiger partial charge in [0.25, 0.3) is 0 Å². The van der Waals surface area contributed by atoms with Crippen LogP contribution in [-0.2, 0) is 27.3 Å². The van der Waals surface area contributed by atoms with Crippen molar-refractivity contribution < 1.29 is 28.3 Å². The lowest BCUT2D eigenvalue weighted by Crippen LogP contribution is -2.64. The van der Waals surface area contributed by atoms with Crippen molar-refractivity contribution in [3.05, 3.63) is 71.3 Å². The Morgan fingerprint density at radius 1 is 1.11 bits per heavy atom. The van der Waals surface area contributed by atoms with E-state index in [1.54, 1.807) is 9.80 Å². The summed E-state index contributed by atoms with van der Waals surface area (Å²) in [4.78, 5) is 42.1. The Bertz CT molecular complexity index is 1130. The van der Waals surface area contributed by atoms with Crippen molar-refractivity contribution in [3.63, 3.8) is 0 Å². The molecular formula is C28H34F2N4O4. The van der Waals surface area contributed by atoms with E-state index in [-0.39, 0.29) is 36.8 Å². The molecule has 2 aromatic carbocycles. The zero-order valence-corrected chi connectivity index (χ0v) is 21.4. The van der Waals surface area contributed by atoms with Crippen LogP contribution in [0.15, 0.2) is 48.5 Å². The summed E-state index contributed by atoms with van der Waals surface area (Å²) in [5.41, 5.74) is 1.17. The van der Waals surface area contributed by atoms with Gasteiger partial charge in [0.2, 0.25) is 17.7 Å². The number of halogens is 2. The predicted molar refractivity (Wildman–Crippen MR) is 137 cm³/mol. The van der Waals surface area contributed by atoms with Gasteiger partial charge in [-0.2, -0.15) is 0 Å². The van der Waals surface area contributed by atoms with Crippen molar-refractivity contribution in [3.8, 4) is 0 Å². The first-order valence-corrected chi connectivity index (χ1v) is 13.0. The van der Waals surface area contributed by atoms with Crippen LogP contribution in [0.3, 0.4) is 0 Å². The second kappa shape index (κ2) is 12.4. The lowest BCUT2D eigenvalue weighted by Gasteiger charge is -2.38. The first-order chi connectivity index (χ1) is 18.2. The summed E-state index contributed by atoms with van der Waals surface area (Å²) in [6, 6.07) is 10.4. The second-order valence-corrected chi connectivity index (χ2v) is 10.0. The molecule has 3 amide bonds. The topological polar surface area (TPSA) is 102 Å². The van der Waals surface area contributed by atoms with Gasteiger partial charge in [-0.15, -0.1) is 0 Å². The number of aliphatic hydroxyl groups is 1. The lowest BCUT2D eigenvalue weighted by molar-refractivity contribution is -0.141. The van der Waals surface area contributed by atoms with Crippen molar-refractivity contribution in [2.75, 3.05) is 26.2 Å². The molecule has 8 nitrogen and oxygen atoms in total. The van der Waals surface area contributed by atoms with Crippen LogP contribution in [0.25, 0.3) is 0 Å². The van der Waals surface area contributed by atoms with Gasteiger partial charge in [-0.3, -0.25) is 14.4 Å². The predicted octanol–water partition coefficient (Wildman–Crippen LogP) is 1.61. The summed E-state index contributed by atoms with van der Waals surface area (Å²) < 4.78 is 27.8. The number of likely N-dealkylation sites (tertiary alicyclic amines) is 1. The van der Waals surface area contributed by atoms with Crippen molar-refractivity contribution in [1.29, 1.82) is 0 Å². The highest BCUT2D eigenvalue weighted by atomic mass is 19.1. The van der Waals surface area contributed by atoms with Gasteiger partial charge >= 0.3 is 0 Å². The number of carbonyl (C=O) groups excluding carboxylic acids is 3. The monoisotopic (exact) mass is 528 g/mol. The van der Waals surface area contributed by atoms with E-state index in [1.807, 2.05) is 37.3 Å². The molecular weight excluding hydrogens is 494 g/mol. The Morgan fingerprint density at radius 3 is 2.50 bits per heavy atom. The van der Waals surface area contributed by atoms with Crippen molar-refractivity contribution in [2.24, 2.45) is 5.92 Å². The van der Waals surface area contributed by atoms with Crippen molar-refractivity contribution in [1.82, 2.24) is 20.4 Å². The molecule has 2 heterocycles. The van der Waals surface area contributed by atoms with Gasteiger partial charge < -0.3 is 25.5 Å². The molecule has 0 radical (unpaired) electrons. The van der Waals surface area contributed by atoms with Crippen LogP contribution in [-0.4, -0.2) is 77.0 Å². The molecule has 0 spiro atoms. The van der Waals surface area contributed by atoms with E-state index in [2.05, 4.69) is 10.6 Å². The second-order valence-electron chi connectivity index (χ2n) is 10.0. The van der Waals surface area contributed by atoms with Crippen molar-refractivity contribution in [2.45, 2.75) is 50.9 Å². The largest absolute Gasteiger partial charge is 0.389 e. The fourth-order valence-corrected chi connectivity index (χ4v) is 5.18. The molecule has 3 N–H and O–H groups in total. The molecule has 0 bridgehead atoms. The Hall–Kier alpha value is -3.37. The number of amides is 3. The summed E-state index contributed by atoms with van der Waals surface area (Å²) in [6.07, 6.45) is -0.679. The molecule has 4 rings (SSSR count). The quantitative estimate of drug-likeness (QED) is 0.435. The number of nitrogens with zero attached hydrogens (tertiary/aromatic N) is 2. The Morgan fingerprint density at radius 2 is 1.82 bits per heavy atom. The van der Waals surface area contributed by atoms with E-state index in [0.717, 1.165) is 30.2 Å². The molecule has 2 aliphatic heterocycles. The van der Waals surface area contributed by atoms with Gasteiger partial charge in [0, 0.05) is 45.2 Å². The molecule has 0 saturated carbocycles.